The normalized spacial score (nSPS) is 35.2. The van der Waals surface area contributed by atoms with Crippen LogP contribution in [0.4, 0.5) is 0 Å². The van der Waals surface area contributed by atoms with Crippen molar-refractivity contribution in [3.63, 3.8) is 0 Å². The summed E-state index contributed by atoms with van der Waals surface area (Å²) in [6.45, 7) is 4.89. The molecule has 1 aliphatic heterocycles. The highest BCUT2D eigenvalue weighted by Gasteiger charge is 2.40. The van der Waals surface area contributed by atoms with Gasteiger partial charge in [-0.05, 0) is 42.2 Å². The molecule has 1 fully saturated rings. The van der Waals surface area contributed by atoms with Crippen molar-refractivity contribution < 1.29 is 9.84 Å². The van der Waals surface area contributed by atoms with Gasteiger partial charge in [0.15, 0.2) is 0 Å². The Hall–Kier alpha value is -0.380. The van der Waals surface area contributed by atoms with Crippen LogP contribution in [0, 0.1) is 0 Å². The van der Waals surface area contributed by atoms with Crippen LogP contribution in [-0.2, 0) is 11.2 Å². The number of rotatable bonds is 3. The summed E-state index contributed by atoms with van der Waals surface area (Å²) < 4.78 is 5.77. The Morgan fingerprint density at radius 2 is 2.38 bits per heavy atom. The van der Waals surface area contributed by atoms with Gasteiger partial charge in [0.2, 0.25) is 0 Å². The lowest BCUT2D eigenvalue weighted by Gasteiger charge is -2.43. The molecule has 1 saturated heterocycles. The van der Waals surface area contributed by atoms with E-state index in [-0.39, 0.29) is 5.60 Å². The van der Waals surface area contributed by atoms with E-state index >= 15 is 0 Å². The summed E-state index contributed by atoms with van der Waals surface area (Å²) in [6, 6.07) is 2.10. The van der Waals surface area contributed by atoms with Gasteiger partial charge >= 0.3 is 0 Å². The summed E-state index contributed by atoms with van der Waals surface area (Å²) in [4.78, 5) is 0. The number of aliphatic hydroxyl groups is 1. The van der Waals surface area contributed by atoms with Crippen molar-refractivity contribution in [2.75, 3.05) is 6.61 Å². The summed E-state index contributed by atoms with van der Waals surface area (Å²) >= 11 is 1.69. The first-order valence-electron chi connectivity index (χ1n) is 5.93. The second kappa shape index (κ2) is 4.47. The van der Waals surface area contributed by atoms with Crippen molar-refractivity contribution in [1.82, 2.24) is 0 Å². The van der Waals surface area contributed by atoms with Crippen LogP contribution in [0.2, 0.25) is 0 Å². The van der Waals surface area contributed by atoms with E-state index in [1.807, 2.05) is 0 Å². The van der Waals surface area contributed by atoms with Crippen molar-refractivity contribution in [3.05, 3.63) is 22.4 Å². The van der Waals surface area contributed by atoms with Gasteiger partial charge in [0.25, 0.3) is 0 Å². The Morgan fingerprint density at radius 3 is 3.00 bits per heavy atom. The van der Waals surface area contributed by atoms with Gasteiger partial charge in [-0.1, -0.05) is 6.92 Å². The van der Waals surface area contributed by atoms with Gasteiger partial charge in [0.05, 0.1) is 17.8 Å². The summed E-state index contributed by atoms with van der Waals surface area (Å²) in [5.74, 6) is 0. The molecule has 0 aromatic carbocycles. The molecule has 2 unspecified atom stereocenters. The van der Waals surface area contributed by atoms with E-state index < -0.39 is 5.60 Å². The van der Waals surface area contributed by atoms with E-state index in [4.69, 9.17) is 4.74 Å². The molecule has 2 rings (SSSR count). The number of hydrogen-bond acceptors (Lipinski definition) is 3. The molecule has 1 aromatic heterocycles. The predicted octanol–water partition coefficient (Wildman–Crippen LogP) is 3.00. The largest absolute Gasteiger partial charge is 0.389 e. The first-order chi connectivity index (χ1) is 7.55. The van der Waals surface area contributed by atoms with Crippen LogP contribution in [0.5, 0.6) is 0 Å². The SMILES string of the molecule is CCC1(C)CC(O)(Cc2ccsc2)CCO1. The maximum atomic E-state index is 10.6. The van der Waals surface area contributed by atoms with E-state index in [1.54, 1.807) is 11.3 Å². The Labute approximate surface area is 101 Å². The summed E-state index contributed by atoms with van der Waals surface area (Å²) in [6.07, 6.45) is 3.21. The van der Waals surface area contributed by atoms with E-state index in [0.29, 0.717) is 6.61 Å². The standard InChI is InChI=1S/C13H20O2S/c1-3-12(2)10-13(14,5-6-15-12)8-11-4-7-16-9-11/h4,7,9,14H,3,5-6,8,10H2,1-2H3. The van der Waals surface area contributed by atoms with Gasteiger partial charge in [0, 0.05) is 12.8 Å². The zero-order valence-electron chi connectivity index (χ0n) is 10.0. The topological polar surface area (TPSA) is 29.5 Å². The average molecular weight is 240 g/mol. The van der Waals surface area contributed by atoms with E-state index in [1.165, 1.54) is 5.56 Å². The van der Waals surface area contributed by atoms with Crippen LogP contribution in [0.3, 0.4) is 0 Å². The molecule has 1 aliphatic rings. The third kappa shape index (κ3) is 2.65. The summed E-state index contributed by atoms with van der Waals surface area (Å²) in [5.41, 5.74) is 0.514. The molecule has 0 aliphatic carbocycles. The molecule has 2 heterocycles. The second-order valence-electron chi connectivity index (χ2n) is 5.11. The fourth-order valence-electron chi connectivity index (χ4n) is 2.47. The van der Waals surface area contributed by atoms with Gasteiger partial charge in [-0.15, -0.1) is 0 Å². The Bertz CT molecular complexity index is 336. The lowest BCUT2D eigenvalue weighted by molar-refractivity contribution is -0.152. The monoisotopic (exact) mass is 240 g/mol. The molecule has 0 spiro atoms. The first-order valence-corrected chi connectivity index (χ1v) is 6.87. The molecule has 1 N–H and O–H groups in total. The van der Waals surface area contributed by atoms with Gasteiger partial charge in [-0.25, -0.2) is 0 Å². The first kappa shape index (κ1) is 12.1. The van der Waals surface area contributed by atoms with Crippen molar-refractivity contribution in [1.29, 1.82) is 0 Å². The zero-order chi connectivity index (χ0) is 11.6. The minimum Gasteiger partial charge on any atom is -0.389 e. The maximum absolute atomic E-state index is 10.6. The van der Waals surface area contributed by atoms with E-state index in [0.717, 1.165) is 25.7 Å². The molecule has 3 heteroatoms. The number of thiophene rings is 1. The third-order valence-corrected chi connectivity index (χ3v) is 4.31. The van der Waals surface area contributed by atoms with Gasteiger partial charge in [0.1, 0.15) is 0 Å². The molecule has 0 amide bonds. The Balaban J connectivity index is 2.06. The van der Waals surface area contributed by atoms with Crippen LogP contribution in [-0.4, -0.2) is 22.9 Å². The smallest absolute Gasteiger partial charge is 0.0737 e. The highest BCUT2D eigenvalue weighted by atomic mass is 32.1. The molecule has 16 heavy (non-hydrogen) atoms. The van der Waals surface area contributed by atoms with Crippen molar-refractivity contribution in [3.8, 4) is 0 Å². The third-order valence-electron chi connectivity index (χ3n) is 3.58. The Kier molecular flexibility index (Phi) is 3.38. The highest BCUT2D eigenvalue weighted by molar-refractivity contribution is 7.07. The van der Waals surface area contributed by atoms with E-state index in [9.17, 15) is 5.11 Å². The number of hydrogen-bond donors (Lipinski definition) is 1. The van der Waals surface area contributed by atoms with Gasteiger partial charge in [-0.2, -0.15) is 11.3 Å². The molecule has 0 radical (unpaired) electrons. The molecule has 2 nitrogen and oxygen atoms in total. The minimum atomic E-state index is -0.579. The highest BCUT2D eigenvalue weighted by Crippen LogP contribution is 2.36. The fourth-order valence-corrected chi connectivity index (χ4v) is 3.14. The van der Waals surface area contributed by atoms with Crippen LogP contribution < -0.4 is 0 Å². The molecule has 2 atom stereocenters. The second-order valence-corrected chi connectivity index (χ2v) is 5.89. The minimum absolute atomic E-state index is 0.150. The van der Waals surface area contributed by atoms with Gasteiger partial charge < -0.3 is 9.84 Å². The summed E-state index contributed by atoms with van der Waals surface area (Å²) in [7, 11) is 0. The molecular formula is C13H20O2S. The van der Waals surface area contributed by atoms with E-state index in [2.05, 4.69) is 30.7 Å². The van der Waals surface area contributed by atoms with Crippen LogP contribution in [0.1, 0.15) is 38.7 Å². The maximum Gasteiger partial charge on any atom is 0.0737 e. The van der Waals surface area contributed by atoms with Crippen LogP contribution >= 0.6 is 11.3 Å². The summed E-state index contributed by atoms with van der Waals surface area (Å²) in [5, 5.41) is 14.8. The predicted molar refractivity (Wildman–Crippen MR) is 66.9 cm³/mol. The fraction of sp³-hybridized carbons (Fsp3) is 0.692. The molecule has 1 aromatic rings. The molecule has 0 bridgehead atoms. The molecular weight excluding hydrogens is 220 g/mol. The van der Waals surface area contributed by atoms with Crippen molar-refractivity contribution in [2.45, 2.75) is 50.7 Å². The number of ether oxygens (including phenoxy) is 1. The van der Waals surface area contributed by atoms with Crippen molar-refractivity contribution in [2.24, 2.45) is 0 Å². The zero-order valence-corrected chi connectivity index (χ0v) is 10.8. The van der Waals surface area contributed by atoms with Crippen LogP contribution in [0.25, 0.3) is 0 Å². The Morgan fingerprint density at radius 1 is 1.56 bits per heavy atom. The lowest BCUT2D eigenvalue weighted by atomic mass is 9.79. The van der Waals surface area contributed by atoms with Crippen molar-refractivity contribution >= 4 is 11.3 Å². The van der Waals surface area contributed by atoms with Gasteiger partial charge in [-0.3, -0.25) is 0 Å². The quantitative estimate of drug-likeness (QED) is 0.880. The molecule has 0 saturated carbocycles. The molecule has 90 valence electrons. The lowest BCUT2D eigenvalue weighted by Crippen LogP contribution is -2.48. The van der Waals surface area contributed by atoms with Crippen LogP contribution in [0.15, 0.2) is 16.8 Å². The average Bonchev–Trinajstić information content (AvgIpc) is 2.69.